The van der Waals surface area contributed by atoms with Gasteiger partial charge < -0.3 is 0 Å². The number of nitrogens with zero attached hydrogens (tertiary/aromatic N) is 4. The molecule has 4 rings (SSSR count). The molecule has 0 spiro atoms. The Kier molecular flexibility index (Phi) is 4.22. The number of nitrogens with one attached hydrogen (secondary N) is 1. The number of aromatic nitrogens is 4. The van der Waals surface area contributed by atoms with Crippen molar-refractivity contribution in [1.29, 1.82) is 0 Å². The van der Waals surface area contributed by atoms with Crippen LogP contribution in [0.3, 0.4) is 0 Å². The fraction of sp³-hybridized carbons (Fsp3) is 0.316. The van der Waals surface area contributed by atoms with Crippen molar-refractivity contribution in [2.45, 2.75) is 44.6 Å². The number of sulfonamides is 1. The second-order valence-electron chi connectivity index (χ2n) is 7.09. The minimum absolute atomic E-state index is 0.321. The van der Waals surface area contributed by atoms with E-state index in [0.717, 1.165) is 35.1 Å². The molecule has 7 nitrogen and oxygen atoms in total. The molecule has 0 radical (unpaired) electrons. The second-order valence-corrected chi connectivity index (χ2v) is 8.71. The normalized spacial score (nSPS) is 14.3. The summed E-state index contributed by atoms with van der Waals surface area (Å²) in [7, 11) is -3.70. The van der Waals surface area contributed by atoms with Crippen LogP contribution in [0, 0.1) is 20.8 Å². The van der Waals surface area contributed by atoms with Crippen molar-refractivity contribution in [3.8, 4) is 11.4 Å². The van der Waals surface area contributed by atoms with E-state index in [4.69, 9.17) is 0 Å². The molecule has 1 saturated carbocycles. The van der Waals surface area contributed by atoms with Gasteiger partial charge in [0, 0.05) is 11.3 Å². The highest BCUT2D eigenvalue weighted by Gasteiger charge is 2.28. The van der Waals surface area contributed by atoms with Crippen molar-refractivity contribution in [2.75, 3.05) is 4.72 Å². The predicted octanol–water partition coefficient (Wildman–Crippen LogP) is 3.40. The zero-order valence-electron chi connectivity index (χ0n) is 15.5. The third-order valence-electron chi connectivity index (χ3n) is 4.63. The van der Waals surface area contributed by atoms with Crippen LogP contribution >= 0.6 is 0 Å². The Morgan fingerprint density at radius 2 is 1.78 bits per heavy atom. The molecule has 1 heterocycles. The lowest BCUT2D eigenvalue weighted by Crippen LogP contribution is -2.16. The first-order chi connectivity index (χ1) is 12.8. The van der Waals surface area contributed by atoms with Crippen molar-refractivity contribution in [3.05, 3.63) is 53.1 Å². The topological polar surface area (TPSA) is 89.8 Å². The van der Waals surface area contributed by atoms with Gasteiger partial charge in [-0.2, -0.15) is 0 Å². The van der Waals surface area contributed by atoms with E-state index in [-0.39, 0.29) is 0 Å². The first kappa shape index (κ1) is 17.7. The number of tetrazole rings is 1. The Balaban J connectivity index is 1.68. The highest BCUT2D eigenvalue weighted by molar-refractivity contribution is 7.92. The van der Waals surface area contributed by atoms with Crippen LogP contribution < -0.4 is 4.72 Å². The van der Waals surface area contributed by atoms with E-state index in [1.165, 1.54) is 0 Å². The van der Waals surface area contributed by atoms with E-state index in [1.54, 1.807) is 18.2 Å². The van der Waals surface area contributed by atoms with Crippen LogP contribution in [-0.2, 0) is 10.0 Å². The summed E-state index contributed by atoms with van der Waals surface area (Å²) >= 11 is 0. The molecule has 0 unspecified atom stereocenters. The summed E-state index contributed by atoms with van der Waals surface area (Å²) < 4.78 is 30.5. The Labute approximate surface area is 158 Å². The zero-order valence-corrected chi connectivity index (χ0v) is 16.3. The maximum atomic E-state index is 13.0. The van der Waals surface area contributed by atoms with Gasteiger partial charge in [0.25, 0.3) is 10.0 Å². The van der Waals surface area contributed by atoms with E-state index < -0.39 is 10.0 Å². The van der Waals surface area contributed by atoms with Crippen LogP contribution in [0.2, 0.25) is 0 Å². The summed E-state index contributed by atoms with van der Waals surface area (Å²) in [6.45, 7) is 5.58. The minimum Gasteiger partial charge on any atom is -0.280 e. The third-order valence-corrected chi connectivity index (χ3v) is 6.32. The minimum atomic E-state index is -3.70. The van der Waals surface area contributed by atoms with E-state index in [0.29, 0.717) is 22.4 Å². The molecule has 1 aliphatic carbocycles. The number of benzene rings is 2. The van der Waals surface area contributed by atoms with E-state index in [1.807, 2.05) is 43.7 Å². The van der Waals surface area contributed by atoms with Gasteiger partial charge in [0.05, 0.1) is 10.9 Å². The molecule has 140 valence electrons. The quantitative estimate of drug-likeness (QED) is 0.729. The average Bonchev–Trinajstić information content (AvgIpc) is 3.30. The summed E-state index contributed by atoms with van der Waals surface area (Å²) in [5.74, 6) is 0.654. The largest absolute Gasteiger partial charge is 0.280 e. The summed E-state index contributed by atoms with van der Waals surface area (Å²) in [5.41, 5.74) is 3.77. The summed E-state index contributed by atoms with van der Waals surface area (Å²) in [6, 6.07) is 11.3. The van der Waals surface area contributed by atoms with Gasteiger partial charge >= 0.3 is 0 Å². The predicted molar refractivity (Wildman–Crippen MR) is 103 cm³/mol. The lowest BCUT2D eigenvalue weighted by Gasteiger charge is -2.14. The Morgan fingerprint density at radius 1 is 1.07 bits per heavy atom. The number of hydrogen-bond donors (Lipinski definition) is 1. The van der Waals surface area contributed by atoms with Crippen LogP contribution in [0.25, 0.3) is 11.4 Å². The maximum Gasteiger partial charge on any atom is 0.262 e. The van der Waals surface area contributed by atoms with Gasteiger partial charge in [0.1, 0.15) is 0 Å². The molecule has 0 atom stereocenters. The number of aryl methyl sites for hydroxylation is 3. The highest BCUT2D eigenvalue weighted by Crippen LogP contribution is 2.37. The lowest BCUT2D eigenvalue weighted by atomic mass is 10.1. The van der Waals surface area contributed by atoms with Crippen molar-refractivity contribution in [3.63, 3.8) is 0 Å². The maximum absolute atomic E-state index is 13.0. The van der Waals surface area contributed by atoms with E-state index in [9.17, 15) is 8.42 Å². The van der Waals surface area contributed by atoms with Gasteiger partial charge in [-0.3, -0.25) is 4.72 Å². The molecule has 2 aromatic carbocycles. The molecule has 0 aliphatic heterocycles. The average molecular weight is 383 g/mol. The second kappa shape index (κ2) is 6.45. The summed E-state index contributed by atoms with van der Waals surface area (Å²) in [6.07, 6.45) is 2.13. The fourth-order valence-corrected chi connectivity index (χ4v) is 4.97. The lowest BCUT2D eigenvalue weighted by molar-refractivity contribution is 0.600. The van der Waals surface area contributed by atoms with Gasteiger partial charge in [0.2, 0.25) is 0 Å². The number of hydrogen-bond acceptors (Lipinski definition) is 5. The number of anilines is 1. The fourth-order valence-electron chi connectivity index (χ4n) is 3.47. The molecule has 0 bridgehead atoms. The molecule has 1 aliphatic rings. The monoisotopic (exact) mass is 383 g/mol. The van der Waals surface area contributed by atoms with Crippen molar-refractivity contribution >= 4 is 15.7 Å². The van der Waals surface area contributed by atoms with Crippen LogP contribution in [-0.4, -0.2) is 28.6 Å². The molecule has 0 amide bonds. The van der Waals surface area contributed by atoms with Crippen LogP contribution in [0.4, 0.5) is 5.69 Å². The molecule has 8 heteroatoms. The van der Waals surface area contributed by atoms with Crippen molar-refractivity contribution in [2.24, 2.45) is 0 Å². The Hall–Kier alpha value is -2.74. The van der Waals surface area contributed by atoms with Gasteiger partial charge in [-0.15, -0.1) is 5.10 Å². The Bertz CT molecular complexity index is 1090. The van der Waals surface area contributed by atoms with Crippen LogP contribution in [0.1, 0.15) is 35.6 Å². The van der Waals surface area contributed by atoms with Crippen molar-refractivity contribution < 1.29 is 8.42 Å². The van der Waals surface area contributed by atoms with Gasteiger partial charge in [0.15, 0.2) is 5.82 Å². The van der Waals surface area contributed by atoms with Crippen LogP contribution in [0.5, 0.6) is 0 Å². The highest BCUT2D eigenvalue weighted by atomic mass is 32.2. The summed E-state index contributed by atoms with van der Waals surface area (Å²) in [5, 5.41) is 11.9. The van der Waals surface area contributed by atoms with E-state index in [2.05, 4.69) is 20.2 Å². The third kappa shape index (κ3) is 3.44. The first-order valence-corrected chi connectivity index (χ1v) is 10.3. The molecule has 1 N–H and O–H groups in total. The summed E-state index contributed by atoms with van der Waals surface area (Å²) in [4.78, 5) is 0.321. The molecular weight excluding hydrogens is 362 g/mol. The molecule has 27 heavy (non-hydrogen) atoms. The van der Waals surface area contributed by atoms with Crippen molar-refractivity contribution in [1.82, 2.24) is 20.2 Å². The molecule has 1 fully saturated rings. The standard InChI is InChI=1S/C19H21N5O2S/c1-12-9-13(2)18(14(3)10-12)27(25,26)21-16-6-4-5-15(11-16)19-20-22-23-24(19)17-7-8-17/h4-6,9-11,17,21H,7-8H2,1-3H3. The smallest absolute Gasteiger partial charge is 0.262 e. The van der Waals surface area contributed by atoms with Gasteiger partial charge in [-0.1, -0.05) is 29.8 Å². The van der Waals surface area contributed by atoms with Gasteiger partial charge in [-0.05, 0) is 67.3 Å². The number of rotatable bonds is 5. The molecule has 1 aromatic heterocycles. The molecular formula is C19H21N5O2S. The molecule has 3 aromatic rings. The first-order valence-electron chi connectivity index (χ1n) is 8.84. The van der Waals surface area contributed by atoms with Crippen LogP contribution in [0.15, 0.2) is 41.3 Å². The molecule has 0 saturated heterocycles. The Morgan fingerprint density at radius 3 is 2.44 bits per heavy atom. The van der Waals surface area contributed by atoms with E-state index >= 15 is 0 Å². The zero-order chi connectivity index (χ0) is 19.2. The SMILES string of the molecule is Cc1cc(C)c(S(=O)(=O)Nc2cccc(-c3nnnn3C3CC3)c2)c(C)c1. The van der Waals surface area contributed by atoms with Gasteiger partial charge in [-0.25, -0.2) is 13.1 Å².